The van der Waals surface area contributed by atoms with E-state index >= 15 is 0 Å². The van der Waals surface area contributed by atoms with Crippen LogP contribution in [-0.2, 0) is 6.42 Å². The van der Waals surface area contributed by atoms with Crippen LogP contribution >= 0.6 is 15.9 Å². The quantitative estimate of drug-likeness (QED) is 0.868. The maximum atomic E-state index is 12.8. The van der Waals surface area contributed by atoms with Gasteiger partial charge < -0.3 is 10.4 Å². The van der Waals surface area contributed by atoms with Gasteiger partial charge >= 0.3 is 5.97 Å². The predicted octanol–water partition coefficient (Wildman–Crippen LogP) is 3.94. The van der Waals surface area contributed by atoms with Crippen LogP contribution in [0.4, 0.5) is 10.1 Å². The Kier molecular flexibility index (Phi) is 4.74. The highest BCUT2D eigenvalue weighted by Gasteiger charge is 2.06. The average molecular weight is 338 g/mol. The minimum Gasteiger partial charge on any atom is -0.478 e. The van der Waals surface area contributed by atoms with Gasteiger partial charge in [0.05, 0.1) is 5.56 Å². The number of carboxylic acids is 1. The molecule has 2 aromatic carbocycles. The lowest BCUT2D eigenvalue weighted by Gasteiger charge is -2.09. The molecular weight excluding hydrogens is 325 g/mol. The first kappa shape index (κ1) is 14.5. The smallest absolute Gasteiger partial charge is 0.335 e. The van der Waals surface area contributed by atoms with E-state index in [1.54, 1.807) is 30.3 Å². The molecule has 2 N–H and O–H groups in total. The number of hydrogen-bond acceptors (Lipinski definition) is 2. The standard InChI is InChI=1S/C15H13BrFNO2/c16-13-9-11(15(19)20)3-6-14(13)18-8-7-10-1-4-12(17)5-2-10/h1-6,9,18H,7-8H2,(H,19,20). The van der Waals surface area contributed by atoms with Crippen LogP contribution in [0.5, 0.6) is 0 Å². The monoisotopic (exact) mass is 337 g/mol. The van der Waals surface area contributed by atoms with E-state index in [4.69, 9.17) is 5.11 Å². The van der Waals surface area contributed by atoms with Gasteiger partial charge in [0.2, 0.25) is 0 Å². The molecule has 2 aromatic rings. The summed E-state index contributed by atoms with van der Waals surface area (Å²) in [7, 11) is 0. The first-order chi connectivity index (χ1) is 9.56. The Labute approximate surface area is 124 Å². The second-order valence-electron chi connectivity index (χ2n) is 4.30. The zero-order valence-electron chi connectivity index (χ0n) is 10.6. The van der Waals surface area contributed by atoms with Crippen molar-refractivity contribution in [2.45, 2.75) is 6.42 Å². The first-order valence-corrected chi connectivity index (χ1v) is 6.87. The molecule has 0 saturated carbocycles. The highest BCUT2D eigenvalue weighted by Crippen LogP contribution is 2.23. The van der Waals surface area contributed by atoms with Gasteiger partial charge in [0.25, 0.3) is 0 Å². The van der Waals surface area contributed by atoms with Crippen molar-refractivity contribution in [1.82, 2.24) is 0 Å². The van der Waals surface area contributed by atoms with Crippen molar-refractivity contribution in [3.05, 3.63) is 63.9 Å². The molecule has 3 nitrogen and oxygen atoms in total. The molecule has 0 amide bonds. The molecule has 0 radical (unpaired) electrons. The Balaban J connectivity index is 1.94. The van der Waals surface area contributed by atoms with Crippen LogP contribution in [0.2, 0.25) is 0 Å². The third kappa shape index (κ3) is 3.81. The van der Waals surface area contributed by atoms with Crippen molar-refractivity contribution in [2.24, 2.45) is 0 Å². The highest BCUT2D eigenvalue weighted by molar-refractivity contribution is 9.10. The predicted molar refractivity (Wildman–Crippen MR) is 79.7 cm³/mol. The number of halogens is 2. The molecule has 0 unspecified atom stereocenters. The summed E-state index contributed by atoms with van der Waals surface area (Å²) in [5, 5.41) is 12.1. The van der Waals surface area contributed by atoms with Crippen LogP contribution in [-0.4, -0.2) is 17.6 Å². The second kappa shape index (κ2) is 6.52. The number of carbonyl (C=O) groups is 1. The maximum absolute atomic E-state index is 12.8. The van der Waals surface area contributed by atoms with Crippen LogP contribution in [0.3, 0.4) is 0 Å². The molecule has 5 heteroatoms. The number of nitrogens with one attached hydrogen (secondary N) is 1. The van der Waals surface area contributed by atoms with Crippen molar-refractivity contribution >= 4 is 27.6 Å². The minimum atomic E-state index is -0.955. The van der Waals surface area contributed by atoms with Gasteiger partial charge in [-0.3, -0.25) is 0 Å². The highest BCUT2D eigenvalue weighted by atomic mass is 79.9. The van der Waals surface area contributed by atoms with Crippen LogP contribution in [0.15, 0.2) is 46.9 Å². The average Bonchev–Trinajstić information content (AvgIpc) is 2.42. The largest absolute Gasteiger partial charge is 0.478 e. The van der Waals surface area contributed by atoms with Crippen molar-refractivity contribution in [3.63, 3.8) is 0 Å². The van der Waals surface area contributed by atoms with E-state index in [0.717, 1.165) is 17.7 Å². The van der Waals surface area contributed by atoms with Crippen LogP contribution in [0.1, 0.15) is 15.9 Å². The summed E-state index contributed by atoms with van der Waals surface area (Å²) >= 11 is 3.34. The SMILES string of the molecule is O=C(O)c1ccc(NCCc2ccc(F)cc2)c(Br)c1. The molecule has 0 fully saturated rings. The Bertz CT molecular complexity index is 614. The third-order valence-electron chi connectivity index (χ3n) is 2.86. The van der Waals surface area contributed by atoms with E-state index in [9.17, 15) is 9.18 Å². The van der Waals surface area contributed by atoms with Gasteiger partial charge in [-0.15, -0.1) is 0 Å². The molecule has 0 aliphatic carbocycles. The summed E-state index contributed by atoms with van der Waals surface area (Å²) in [6.45, 7) is 0.677. The van der Waals surface area contributed by atoms with E-state index in [2.05, 4.69) is 21.2 Å². The number of rotatable bonds is 5. The summed E-state index contributed by atoms with van der Waals surface area (Å²) < 4.78 is 13.5. The fraction of sp³-hybridized carbons (Fsp3) is 0.133. The number of aromatic carboxylic acids is 1. The fourth-order valence-corrected chi connectivity index (χ4v) is 2.30. The summed E-state index contributed by atoms with van der Waals surface area (Å²) in [5.41, 5.74) is 2.11. The zero-order chi connectivity index (χ0) is 14.5. The molecule has 0 saturated heterocycles. The number of hydrogen-bond donors (Lipinski definition) is 2. The van der Waals surface area contributed by atoms with E-state index in [0.29, 0.717) is 11.0 Å². The van der Waals surface area contributed by atoms with Gasteiger partial charge in [-0.25, -0.2) is 9.18 Å². The van der Waals surface area contributed by atoms with Crippen LogP contribution < -0.4 is 5.32 Å². The van der Waals surface area contributed by atoms with Crippen molar-refractivity contribution in [3.8, 4) is 0 Å². The van der Waals surface area contributed by atoms with Crippen molar-refractivity contribution in [2.75, 3.05) is 11.9 Å². The van der Waals surface area contributed by atoms with Gasteiger partial charge in [-0.05, 0) is 58.2 Å². The molecular formula is C15H13BrFNO2. The van der Waals surface area contributed by atoms with E-state index in [1.165, 1.54) is 12.1 Å². The van der Waals surface area contributed by atoms with Crippen molar-refractivity contribution < 1.29 is 14.3 Å². The normalized spacial score (nSPS) is 10.3. The van der Waals surface area contributed by atoms with Crippen molar-refractivity contribution in [1.29, 1.82) is 0 Å². The van der Waals surface area contributed by atoms with Gasteiger partial charge in [0.15, 0.2) is 0 Å². The lowest BCUT2D eigenvalue weighted by atomic mass is 10.1. The van der Waals surface area contributed by atoms with Gasteiger partial charge in [-0.2, -0.15) is 0 Å². The molecule has 0 aliphatic rings. The molecule has 104 valence electrons. The number of carboxylic acid groups (broad SMARTS) is 1. The van der Waals surface area contributed by atoms with Gasteiger partial charge in [-0.1, -0.05) is 12.1 Å². The minimum absolute atomic E-state index is 0.237. The van der Waals surface area contributed by atoms with Crippen LogP contribution in [0.25, 0.3) is 0 Å². The lowest BCUT2D eigenvalue weighted by Crippen LogP contribution is -2.06. The molecule has 0 bridgehead atoms. The topological polar surface area (TPSA) is 49.3 Å². The van der Waals surface area contributed by atoms with Gasteiger partial charge in [0.1, 0.15) is 5.82 Å². The maximum Gasteiger partial charge on any atom is 0.335 e. The Morgan fingerprint density at radius 1 is 1.20 bits per heavy atom. The van der Waals surface area contributed by atoms with E-state index < -0.39 is 5.97 Å². The first-order valence-electron chi connectivity index (χ1n) is 6.07. The van der Waals surface area contributed by atoms with Gasteiger partial charge in [0, 0.05) is 16.7 Å². The summed E-state index contributed by atoms with van der Waals surface area (Å²) in [6.07, 6.45) is 0.757. The van der Waals surface area contributed by atoms with E-state index in [-0.39, 0.29) is 11.4 Å². The summed E-state index contributed by atoms with van der Waals surface area (Å²) in [4.78, 5) is 10.8. The molecule has 0 aliphatic heterocycles. The molecule has 0 aromatic heterocycles. The molecule has 20 heavy (non-hydrogen) atoms. The number of benzene rings is 2. The molecule has 0 atom stereocenters. The third-order valence-corrected chi connectivity index (χ3v) is 3.51. The summed E-state index contributed by atoms with van der Waals surface area (Å²) in [5.74, 6) is -1.20. The molecule has 2 rings (SSSR count). The lowest BCUT2D eigenvalue weighted by molar-refractivity contribution is 0.0697. The fourth-order valence-electron chi connectivity index (χ4n) is 1.78. The Hall–Kier alpha value is -1.88. The number of anilines is 1. The van der Waals surface area contributed by atoms with Crippen LogP contribution in [0, 0.1) is 5.82 Å². The Morgan fingerprint density at radius 3 is 2.50 bits per heavy atom. The second-order valence-corrected chi connectivity index (χ2v) is 5.16. The molecule has 0 heterocycles. The Morgan fingerprint density at radius 2 is 1.90 bits per heavy atom. The zero-order valence-corrected chi connectivity index (χ0v) is 12.2. The molecule has 0 spiro atoms. The summed E-state index contributed by atoms with van der Waals surface area (Å²) in [6, 6.07) is 11.2. The van der Waals surface area contributed by atoms with E-state index in [1.807, 2.05) is 0 Å².